The molecule has 0 amide bonds. The number of hydrogen-bond donors (Lipinski definition) is 2. The van der Waals surface area contributed by atoms with Gasteiger partial charge in [0.15, 0.2) is 9.84 Å². The lowest BCUT2D eigenvalue weighted by atomic mass is 9.94. The number of hydrogen-bond acceptors (Lipinski definition) is 3. The van der Waals surface area contributed by atoms with E-state index >= 15 is 0 Å². The molecule has 0 aliphatic carbocycles. The van der Waals surface area contributed by atoms with E-state index in [1.165, 1.54) is 16.7 Å². The summed E-state index contributed by atoms with van der Waals surface area (Å²) < 4.78 is 25.4. The zero-order valence-corrected chi connectivity index (χ0v) is 16.9. The first kappa shape index (κ1) is 19.0. The quantitative estimate of drug-likeness (QED) is 0.658. The van der Waals surface area contributed by atoms with Crippen LogP contribution in [-0.2, 0) is 15.6 Å². The third-order valence-electron chi connectivity index (χ3n) is 5.47. The first-order valence-corrected chi connectivity index (χ1v) is 11.6. The standard InChI is InChI=1S/C23H26N2O2S/c1-17-6-8-18(9-7-17)19-10-12-24-21(14-19)11-13-28(26,27)16-20-15-25-23-5-3-2-4-22(20)23/h2-10,15,21,24-25H,11-14,16H2,1H3. The van der Waals surface area contributed by atoms with E-state index in [-0.39, 0.29) is 17.5 Å². The Labute approximate surface area is 166 Å². The van der Waals surface area contributed by atoms with Gasteiger partial charge in [-0.25, -0.2) is 8.42 Å². The number of aryl methyl sites for hydroxylation is 1. The fraction of sp³-hybridized carbons (Fsp3) is 0.304. The Hall–Kier alpha value is -2.37. The molecule has 28 heavy (non-hydrogen) atoms. The summed E-state index contributed by atoms with van der Waals surface area (Å²) in [6.07, 6.45) is 5.53. The maximum absolute atomic E-state index is 12.7. The number of rotatable bonds is 6. The molecule has 1 unspecified atom stereocenters. The van der Waals surface area contributed by atoms with Gasteiger partial charge >= 0.3 is 0 Å². The number of aromatic amines is 1. The van der Waals surface area contributed by atoms with Gasteiger partial charge in [-0.2, -0.15) is 0 Å². The number of nitrogens with one attached hydrogen (secondary N) is 2. The van der Waals surface area contributed by atoms with Gasteiger partial charge in [0.2, 0.25) is 0 Å². The highest BCUT2D eigenvalue weighted by Gasteiger charge is 2.21. The van der Waals surface area contributed by atoms with Gasteiger partial charge in [-0.15, -0.1) is 0 Å². The third-order valence-corrected chi connectivity index (χ3v) is 7.08. The molecule has 2 aromatic carbocycles. The predicted molar refractivity (Wildman–Crippen MR) is 116 cm³/mol. The van der Waals surface area contributed by atoms with Gasteiger partial charge in [0.05, 0.1) is 11.5 Å². The van der Waals surface area contributed by atoms with Crippen LogP contribution < -0.4 is 5.32 Å². The zero-order chi connectivity index (χ0) is 19.6. The van der Waals surface area contributed by atoms with Crippen molar-refractivity contribution in [2.45, 2.75) is 31.6 Å². The molecule has 0 saturated carbocycles. The number of benzene rings is 2. The molecule has 1 aromatic heterocycles. The van der Waals surface area contributed by atoms with E-state index in [0.29, 0.717) is 6.42 Å². The van der Waals surface area contributed by atoms with Crippen LogP contribution in [0.1, 0.15) is 29.5 Å². The van der Waals surface area contributed by atoms with E-state index in [4.69, 9.17) is 0 Å². The molecule has 2 N–H and O–H groups in total. The van der Waals surface area contributed by atoms with Crippen molar-refractivity contribution in [3.8, 4) is 0 Å². The summed E-state index contributed by atoms with van der Waals surface area (Å²) in [6.45, 7) is 2.87. The number of fused-ring (bicyclic) bond motifs is 1. The SMILES string of the molecule is Cc1ccc(C2=CCNC(CCS(=O)(=O)Cc3c[nH]c4ccccc34)C2)cc1. The molecule has 4 rings (SSSR count). The maximum Gasteiger partial charge on any atom is 0.154 e. The fourth-order valence-corrected chi connectivity index (χ4v) is 5.36. The van der Waals surface area contributed by atoms with Gasteiger partial charge in [-0.05, 0) is 42.5 Å². The van der Waals surface area contributed by atoms with E-state index in [1.807, 2.05) is 30.5 Å². The topological polar surface area (TPSA) is 62.0 Å². The molecule has 3 aromatic rings. The number of H-pyrrole nitrogens is 1. The molecule has 146 valence electrons. The Balaban J connectivity index is 1.38. The summed E-state index contributed by atoms with van der Waals surface area (Å²) in [5.41, 5.74) is 5.62. The van der Waals surface area contributed by atoms with E-state index in [1.54, 1.807) is 0 Å². The van der Waals surface area contributed by atoms with E-state index in [2.05, 4.69) is 47.6 Å². The highest BCUT2D eigenvalue weighted by atomic mass is 32.2. The molecule has 1 atom stereocenters. The van der Waals surface area contributed by atoms with Crippen molar-refractivity contribution >= 4 is 26.3 Å². The van der Waals surface area contributed by atoms with Crippen LogP contribution in [0, 0.1) is 6.92 Å². The van der Waals surface area contributed by atoms with Gasteiger partial charge in [-0.1, -0.05) is 54.1 Å². The first-order chi connectivity index (χ1) is 13.5. The third kappa shape index (κ3) is 4.37. The molecule has 0 spiro atoms. The minimum Gasteiger partial charge on any atom is -0.361 e. The Morgan fingerprint density at radius 2 is 1.86 bits per heavy atom. The largest absolute Gasteiger partial charge is 0.361 e. The van der Waals surface area contributed by atoms with Crippen molar-refractivity contribution in [2.75, 3.05) is 12.3 Å². The van der Waals surface area contributed by atoms with Crippen molar-refractivity contribution in [2.24, 2.45) is 0 Å². The Kier molecular flexibility index (Phi) is 5.38. The van der Waals surface area contributed by atoms with Gasteiger partial charge in [0.25, 0.3) is 0 Å². The lowest BCUT2D eigenvalue weighted by Crippen LogP contribution is -2.34. The van der Waals surface area contributed by atoms with Gasteiger partial charge in [0.1, 0.15) is 0 Å². The normalized spacial score (nSPS) is 17.6. The van der Waals surface area contributed by atoms with Crippen LogP contribution >= 0.6 is 0 Å². The first-order valence-electron chi connectivity index (χ1n) is 9.75. The average Bonchev–Trinajstić information content (AvgIpc) is 3.10. The van der Waals surface area contributed by atoms with Crippen LogP contribution in [0.25, 0.3) is 16.5 Å². The van der Waals surface area contributed by atoms with E-state index < -0.39 is 9.84 Å². The highest BCUT2D eigenvalue weighted by molar-refractivity contribution is 7.90. The minimum absolute atomic E-state index is 0.0877. The summed E-state index contributed by atoms with van der Waals surface area (Å²) >= 11 is 0. The van der Waals surface area contributed by atoms with Crippen molar-refractivity contribution in [3.63, 3.8) is 0 Å². The van der Waals surface area contributed by atoms with Crippen LogP contribution in [-0.4, -0.2) is 31.7 Å². The Morgan fingerprint density at radius 1 is 1.07 bits per heavy atom. The lowest BCUT2D eigenvalue weighted by Gasteiger charge is -2.24. The summed E-state index contributed by atoms with van der Waals surface area (Å²) in [5, 5.41) is 4.44. The van der Waals surface area contributed by atoms with Crippen LogP contribution in [0.4, 0.5) is 0 Å². The summed E-state index contributed by atoms with van der Waals surface area (Å²) in [5.74, 6) is 0.287. The molecule has 0 bridgehead atoms. The van der Waals surface area contributed by atoms with Crippen LogP contribution in [0.15, 0.2) is 60.8 Å². The maximum atomic E-state index is 12.7. The van der Waals surface area contributed by atoms with E-state index in [9.17, 15) is 8.42 Å². The molecule has 0 saturated heterocycles. The Bertz CT molecular complexity index is 1100. The van der Waals surface area contributed by atoms with Gasteiger partial charge in [-0.3, -0.25) is 0 Å². The molecule has 1 aliphatic heterocycles. The van der Waals surface area contributed by atoms with Crippen LogP contribution in [0.3, 0.4) is 0 Å². The summed E-state index contributed by atoms with van der Waals surface area (Å²) in [7, 11) is -3.16. The van der Waals surface area contributed by atoms with Gasteiger partial charge < -0.3 is 10.3 Å². The summed E-state index contributed by atoms with van der Waals surface area (Å²) in [6, 6.07) is 16.6. The second-order valence-corrected chi connectivity index (χ2v) is 9.83. The number of para-hydroxylation sites is 1. The van der Waals surface area contributed by atoms with Crippen molar-refractivity contribution in [1.82, 2.24) is 10.3 Å². The second kappa shape index (κ2) is 7.94. The number of sulfone groups is 1. The van der Waals surface area contributed by atoms with Gasteiger partial charge in [0, 0.05) is 29.7 Å². The zero-order valence-electron chi connectivity index (χ0n) is 16.1. The van der Waals surface area contributed by atoms with Crippen molar-refractivity contribution < 1.29 is 8.42 Å². The van der Waals surface area contributed by atoms with Crippen LogP contribution in [0.2, 0.25) is 0 Å². The molecule has 5 heteroatoms. The molecule has 2 heterocycles. The molecular formula is C23H26N2O2S. The minimum atomic E-state index is -3.16. The molecular weight excluding hydrogens is 368 g/mol. The fourth-order valence-electron chi connectivity index (χ4n) is 3.86. The number of aromatic nitrogens is 1. The monoisotopic (exact) mass is 394 g/mol. The van der Waals surface area contributed by atoms with Crippen molar-refractivity contribution in [1.29, 1.82) is 0 Å². The second-order valence-electron chi connectivity index (χ2n) is 7.64. The molecule has 4 nitrogen and oxygen atoms in total. The Morgan fingerprint density at radius 3 is 2.68 bits per heavy atom. The smallest absolute Gasteiger partial charge is 0.154 e. The molecule has 0 radical (unpaired) electrons. The van der Waals surface area contributed by atoms with Crippen molar-refractivity contribution in [3.05, 3.63) is 77.5 Å². The van der Waals surface area contributed by atoms with Crippen LogP contribution in [0.5, 0.6) is 0 Å². The molecule has 1 aliphatic rings. The highest BCUT2D eigenvalue weighted by Crippen LogP contribution is 2.25. The lowest BCUT2D eigenvalue weighted by molar-refractivity contribution is 0.515. The predicted octanol–water partition coefficient (Wildman–Crippen LogP) is 4.23. The molecule has 0 fully saturated rings. The summed E-state index contributed by atoms with van der Waals surface area (Å²) in [4.78, 5) is 3.16. The van der Waals surface area contributed by atoms with E-state index in [0.717, 1.165) is 29.4 Å². The average molecular weight is 395 g/mol.